The molecule has 14 atom stereocenters. The average molecular weight is 931 g/mol. The first-order chi connectivity index (χ1) is 31.1. The normalized spacial score (nSPS) is 31.7. The van der Waals surface area contributed by atoms with Crippen molar-refractivity contribution >= 4 is 11.6 Å². The first-order valence-electron chi connectivity index (χ1n) is 20.0. The Balaban J connectivity index is 0.000000196. The second-order valence-electron chi connectivity index (χ2n) is 16.1. The minimum Gasteiger partial charge on any atom is -0.508 e. The van der Waals surface area contributed by atoms with Crippen molar-refractivity contribution < 1.29 is 115 Å². The fraction of sp³-hybridized carbons (Fsp3) is 0.395. The maximum Gasteiger partial charge on any atom is 0.202 e. The Labute approximate surface area is 371 Å². The van der Waals surface area contributed by atoms with Gasteiger partial charge in [0.2, 0.25) is 11.6 Å². The van der Waals surface area contributed by atoms with Crippen molar-refractivity contribution in [3.05, 3.63) is 87.5 Å². The van der Waals surface area contributed by atoms with Gasteiger partial charge in [0.05, 0.1) is 24.3 Å². The van der Waals surface area contributed by atoms with Gasteiger partial charge in [0.25, 0.3) is 0 Å². The summed E-state index contributed by atoms with van der Waals surface area (Å²) in [5.74, 6) is -6.57. The van der Waals surface area contributed by atoms with Gasteiger partial charge in [0, 0.05) is 12.1 Å². The molecule has 10 unspecified atom stereocenters. The molecule has 8 rings (SSSR count). The Bertz CT molecular complexity index is 2340. The third kappa shape index (κ3) is 8.14. The number of hydrogen-bond donors (Lipinski definition) is 17. The lowest BCUT2D eigenvalue weighted by Gasteiger charge is -2.41. The molecule has 17 N–H and O–H groups in total. The molecule has 23 nitrogen and oxygen atoms in total. The largest absolute Gasteiger partial charge is 0.508 e. The summed E-state index contributed by atoms with van der Waals surface area (Å²) >= 11 is 0. The van der Waals surface area contributed by atoms with Crippen molar-refractivity contribution in [3.8, 4) is 51.7 Å². The molecule has 0 spiro atoms. The van der Waals surface area contributed by atoms with Crippen LogP contribution < -0.4 is 9.47 Å². The Morgan fingerprint density at radius 3 is 1.23 bits per heavy atom. The van der Waals surface area contributed by atoms with Gasteiger partial charge < -0.3 is 106 Å². The lowest BCUT2D eigenvalue weighted by molar-refractivity contribution is -0.232. The Morgan fingerprint density at radius 1 is 0.455 bits per heavy atom. The van der Waals surface area contributed by atoms with Crippen molar-refractivity contribution in [2.45, 2.75) is 92.4 Å². The number of carbonyl (C=O) groups excluding carboxylic acids is 2. The van der Waals surface area contributed by atoms with E-state index in [-0.39, 0.29) is 22.8 Å². The van der Waals surface area contributed by atoms with Gasteiger partial charge in [0.1, 0.15) is 112 Å². The molecule has 0 saturated carbocycles. The standard InChI is InChI=1S/C22H24O11.C21H22O12/c1-7-4-8(2-3-9(7)24)21-19(30)17(28)14-11(32-21)5-10(25)13(16(14)27)22-20(31)18(29)15(26)12(6-23)33-22;22-5-11-14(26)17(29)19(31)21(33-11)12-9(25)4-10-13(15(12)27)16(28)18(30)20(32-10)6-1-2-7(23)8(24)3-6/h2-5,12,15,18-27,29-31H,6H2,1H3;1-4,11,14,17-27,29-31H,5H2/t12?,15?,18?,19-,20?,21+,22?;11?,14?,17?,18-,19?,20+,21?/m10/s1. The fourth-order valence-electron chi connectivity index (χ4n) is 8.24. The van der Waals surface area contributed by atoms with E-state index in [1.54, 1.807) is 6.92 Å². The first kappa shape index (κ1) is 47.9. The Kier molecular flexibility index (Phi) is 13.3. The number of Topliss-reactive ketones (excluding diaryl/α,β-unsaturated/α-hetero) is 2. The van der Waals surface area contributed by atoms with E-state index in [1.165, 1.54) is 24.3 Å². The number of benzene rings is 4. The van der Waals surface area contributed by atoms with Crippen LogP contribution in [0.25, 0.3) is 0 Å². The summed E-state index contributed by atoms with van der Waals surface area (Å²) in [5, 5.41) is 172. The van der Waals surface area contributed by atoms with E-state index in [0.29, 0.717) is 11.1 Å². The highest BCUT2D eigenvalue weighted by molar-refractivity contribution is 6.07. The van der Waals surface area contributed by atoms with E-state index in [1.807, 2.05) is 0 Å². The number of aliphatic hydroxyl groups is 10. The Morgan fingerprint density at radius 2 is 0.848 bits per heavy atom. The molecule has 0 radical (unpaired) electrons. The summed E-state index contributed by atoms with van der Waals surface area (Å²) in [6, 6.07) is 9.77. The highest BCUT2D eigenvalue weighted by Gasteiger charge is 2.50. The predicted octanol–water partition coefficient (Wildman–Crippen LogP) is -1.99. The summed E-state index contributed by atoms with van der Waals surface area (Å²) in [5.41, 5.74) is -1.04. The smallest absolute Gasteiger partial charge is 0.202 e. The summed E-state index contributed by atoms with van der Waals surface area (Å²) < 4.78 is 22.0. The molecule has 0 aliphatic carbocycles. The van der Waals surface area contributed by atoms with Crippen molar-refractivity contribution in [2.24, 2.45) is 0 Å². The first-order valence-corrected chi connectivity index (χ1v) is 20.0. The van der Waals surface area contributed by atoms with Gasteiger partial charge in [-0.25, -0.2) is 0 Å². The lowest BCUT2D eigenvalue weighted by atomic mass is 9.86. The highest BCUT2D eigenvalue weighted by atomic mass is 16.6. The molecule has 4 aromatic rings. The van der Waals surface area contributed by atoms with E-state index in [9.17, 15) is 96.4 Å². The molecule has 2 saturated heterocycles. The van der Waals surface area contributed by atoms with Crippen LogP contribution in [0.4, 0.5) is 0 Å². The number of aromatic hydroxyl groups is 7. The second kappa shape index (κ2) is 18.3. The van der Waals surface area contributed by atoms with Crippen LogP contribution in [-0.2, 0) is 9.47 Å². The van der Waals surface area contributed by atoms with Crippen LogP contribution >= 0.6 is 0 Å². The van der Waals surface area contributed by atoms with Gasteiger partial charge in [-0.05, 0) is 47.9 Å². The highest BCUT2D eigenvalue weighted by Crippen LogP contribution is 2.51. The predicted molar refractivity (Wildman–Crippen MR) is 215 cm³/mol. The molecule has 4 aliphatic heterocycles. The third-order valence-corrected chi connectivity index (χ3v) is 11.9. The monoisotopic (exact) mass is 930 g/mol. The number of aryl methyl sites for hydroxylation is 1. The van der Waals surface area contributed by atoms with Gasteiger partial charge in [-0.1, -0.05) is 12.1 Å². The second-order valence-corrected chi connectivity index (χ2v) is 16.1. The number of phenolic OH excluding ortho intramolecular Hbond substituents is 7. The number of ether oxygens (including phenoxy) is 4. The minimum atomic E-state index is -1.86. The van der Waals surface area contributed by atoms with Gasteiger partial charge >= 0.3 is 0 Å². The van der Waals surface area contributed by atoms with E-state index >= 15 is 0 Å². The minimum absolute atomic E-state index is 0.00948. The number of rotatable bonds is 6. The summed E-state index contributed by atoms with van der Waals surface area (Å²) in [6.07, 6.45) is -22.7. The Hall–Kier alpha value is -6.06. The van der Waals surface area contributed by atoms with Crippen LogP contribution in [0, 0.1) is 6.92 Å². The molecule has 66 heavy (non-hydrogen) atoms. The van der Waals surface area contributed by atoms with Crippen LogP contribution in [0.1, 0.15) is 72.9 Å². The maximum atomic E-state index is 13.0. The molecular formula is C43H46O23. The molecule has 4 aromatic carbocycles. The molecule has 0 amide bonds. The van der Waals surface area contributed by atoms with E-state index in [0.717, 1.165) is 24.3 Å². The fourth-order valence-corrected chi connectivity index (χ4v) is 8.24. The number of hydrogen-bond acceptors (Lipinski definition) is 23. The molecule has 2 fully saturated rings. The number of fused-ring (bicyclic) bond motifs is 2. The zero-order valence-corrected chi connectivity index (χ0v) is 34.2. The SMILES string of the molecule is Cc1cc([C@@H]2Oc3cc(O)c(C4OC(CO)C(O)C(O)C4O)c(O)c3C(=O)[C@H]2O)ccc1O.O=C1c2c(cc(O)c(C3OC(CO)C(O)C(O)C3O)c2O)O[C@H](c2ccc(O)c(O)c2)[C@H]1O. The van der Waals surface area contributed by atoms with Gasteiger partial charge in [-0.3, -0.25) is 9.59 Å². The molecular weight excluding hydrogens is 884 g/mol. The van der Waals surface area contributed by atoms with Crippen molar-refractivity contribution in [3.63, 3.8) is 0 Å². The molecule has 4 aliphatic rings. The molecule has 4 heterocycles. The number of ketones is 2. The van der Waals surface area contributed by atoms with Crippen molar-refractivity contribution in [2.75, 3.05) is 13.2 Å². The van der Waals surface area contributed by atoms with Gasteiger partial charge in [-0.2, -0.15) is 0 Å². The van der Waals surface area contributed by atoms with Gasteiger partial charge in [-0.15, -0.1) is 0 Å². The number of aliphatic hydroxyl groups excluding tert-OH is 10. The number of carbonyl (C=O) groups is 2. The van der Waals surface area contributed by atoms with Gasteiger partial charge in [0.15, 0.2) is 35.9 Å². The summed E-state index contributed by atoms with van der Waals surface area (Å²) in [4.78, 5) is 25.9. The average Bonchev–Trinajstić information content (AvgIpc) is 3.27. The van der Waals surface area contributed by atoms with Crippen LogP contribution in [0.15, 0.2) is 48.5 Å². The summed E-state index contributed by atoms with van der Waals surface area (Å²) in [7, 11) is 0. The van der Waals surface area contributed by atoms with Crippen LogP contribution in [0.3, 0.4) is 0 Å². The quantitative estimate of drug-likeness (QED) is 0.0930. The third-order valence-electron chi connectivity index (χ3n) is 11.9. The number of phenols is 7. The zero-order valence-electron chi connectivity index (χ0n) is 34.2. The molecule has 0 bridgehead atoms. The van der Waals surface area contributed by atoms with E-state index in [4.69, 9.17) is 18.9 Å². The molecule has 356 valence electrons. The van der Waals surface area contributed by atoms with Crippen molar-refractivity contribution in [1.29, 1.82) is 0 Å². The topological polar surface area (TPSA) is 415 Å². The lowest BCUT2D eigenvalue weighted by Crippen LogP contribution is -2.55. The summed E-state index contributed by atoms with van der Waals surface area (Å²) in [6.45, 7) is 0.131. The van der Waals surface area contributed by atoms with Crippen LogP contribution in [0.5, 0.6) is 51.7 Å². The van der Waals surface area contributed by atoms with E-state index in [2.05, 4.69) is 0 Å². The van der Waals surface area contributed by atoms with Crippen molar-refractivity contribution in [1.82, 2.24) is 0 Å². The maximum absolute atomic E-state index is 13.0. The van der Waals surface area contributed by atoms with Crippen LogP contribution in [0.2, 0.25) is 0 Å². The van der Waals surface area contributed by atoms with Crippen LogP contribution in [-0.4, -0.2) is 173 Å². The van der Waals surface area contributed by atoms with E-state index < -0.39 is 167 Å². The molecule has 0 aromatic heterocycles. The zero-order chi connectivity index (χ0) is 48.4. The molecule has 23 heteroatoms.